The molecule has 0 radical (unpaired) electrons. The quantitative estimate of drug-likeness (QED) is 0.755. The zero-order valence-electron chi connectivity index (χ0n) is 15.6. The third-order valence-electron chi connectivity index (χ3n) is 5.54. The number of allylic oxidation sites excluding steroid dienone is 5. The van der Waals surface area contributed by atoms with Crippen LogP contribution in [0.3, 0.4) is 0 Å². The summed E-state index contributed by atoms with van der Waals surface area (Å²) < 4.78 is 0. The van der Waals surface area contributed by atoms with Crippen molar-refractivity contribution in [2.24, 2.45) is 11.8 Å². The predicted octanol–water partition coefficient (Wildman–Crippen LogP) is 4.69. The zero-order valence-corrected chi connectivity index (χ0v) is 16.6. The second-order valence-corrected chi connectivity index (χ2v) is 13.5. The summed E-state index contributed by atoms with van der Waals surface area (Å²) in [6, 6.07) is 0. The Kier molecular flexibility index (Phi) is 4.63. The van der Waals surface area contributed by atoms with Crippen molar-refractivity contribution < 1.29 is 0 Å². The maximum atomic E-state index is 4.01. The molecule has 2 nitrogen and oxygen atoms in total. The summed E-state index contributed by atoms with van der Waals surface area (Å²) in [6.07, 6.45) is 16.2. The maximum absolute atomic E-state index is 4.01. The van der Waals surface area contributed by atoms with E-state index in [0.29, 0.717) is 17.4 Å². The van der Waals surface area contributed by atoms with Gasteiger partial charge in [-0.05, 0) is 51.5 Å². The molecule has 0 bridgehead atoms. The molecule has 128 valence electrons. The highest BCUT2D eigenvalue weighted by atomic mass is 28.3. The highest BCUT2D eigenvalue weighted by molar-refractivity contribution is 6.77. The van der Waals surface area contributed by atoms with Gasteiger partial charge < -0.3 is 9.88 Å². The van der Waals surface area contributed by atoms with Crippen LogP contribution < -0.4 is 4.98 Å². The number of hydrogen-bond donors (Lipinski definition) is 1. The molecule has 1 heterocycles. The standard InChI is InChI=1S/C20H34N2Si/c1-20(2,3)21-23(4,5)19-15-18(22-13-9-6-10-14-22)16-11-7-8-12-17(16)19/h7-8,11-12,15-17,19,21H,6,9-10,13-14H2,1-5H3. The summed E-state index contributed by atoms with van der Waals surface area (Å²) in [5, 5.41) is 0. The molecular weight excluding hydrogens is 296 g/mol. The van der Waals surface area contributed by atoms with Crippen LogP contribution in [0.25, 0.3) is 0 Å². The number of hydrogen-bond acceptors (Lipinski definition) is 2. The van der Waals surface area contributed by atoms with Crippen LogP contribution in [-0.2, 0) is 0 Å². The lowest BCUT2D eigenvalue weighted by Crippen LogP contribution is -2.57. The molecule has 1 aliphatic heterocycles. The number of fused-ring (bicyclic) bond motifs is 1. The van der Waals surface area contributed by atoms with Crippen molar-refractivity contribution in [1.29, 1.82) is 0 Å². The Morgan fingerprint density at radius 1 is 1.04 bits per heavy atom. The Bertz CT molecular complexity index is 518. The second kappa shape index (κ2) is 6.25. The molecule has 3 atom stereocenters. The van der Waals surface area contributed by atoms with Crippen LogP contribution in [0.1, 0.15) is 40.0 Å². The summed E-state index contributed by atoms with van der Waals surface area (Å²) in [5.41, 5.74) is 2.50. The molecule has 1 N–H and O–H groups in total. The lowest BCUT2D eigenvalue weighted by atomic mass is 9.89. The summed E-state index contributed by atoms with van der Waals surface area (Å²) >= 11 is 0. The van der Waals surface area contributed by atoms with E-state index in [1.165, 1.54) is 32.4 Å². The third-order valence-corrected chi connectivity index (χ3v) is 9.15. The Balaban J connectivity index is 1.88. The van der Waals surface area contributed by atoms with Gasteiger partial charge in [0.15, 0.2) is 0 Å². The zero-order chi connectivity index (χ0) is 16.7. The van der Waals surface area contributed by atoms with Crippen LogP contribution in [0.15, 0.2) is 36.1 Å². The highest BCUT2D eigenvalue weighted by Gasteiger charge is 2.46. The first kappa shape index (κ1) is 17.0. The fourth-order valence-electron chi connectivity index (χ4n) is 4.88. The van der Waals surface area contributed by atoms with Crippen molar-refractivity contribution in [3.8, 4) is 0 Å². The van der Waals surface area contributed by atoms with Crippen molar-refractivity contribution in [2.45, 2.75) is 64.2 Å². The van der Waals surface area contributed by atoms with Gasteiger partial charge in [0.1, 0.15) is 8.24 Å². The first-order valence-electron chi connectivity index (χ1n) is 9.39. The molecule has 1 fully saturated rings. The molecule has 3 heteroatoms. The molecule has 3 unspecified atom stereocenters. The van der Waals surface area contributed by atoms with Crippen molar-refractivity contribution in [3.05, 3.63) is 36.1 Å². The van der Waals surface area contributed by atoms with Crippen molar-refractivity contribution >= 4 is 8.24 Å². The van der Waals surface area contributed by atoms with Gasteiger partial charge in [0.25, 0.3) is 0 Å². The number of piperidine rings is 1. The molecule has 0 aromatic heterocycles. The SMILES string of the molecule is CC(C)(C)N[Si](C)(C)C1C=C(N2CCCCC2)C2C=CC=CC21. The first-order chi connectivity index (χ1) is 10.8. The summed E-state index contributed by atoms with van der Waals surface area (Å²) in [5.74, 6) is 1.27. The summed E-state index contributed by atoms with van der Waals surface area (Å²) in [6.45, 7) is 14.5. The van der Waals surface area contributed by atoms with Crippen LogP contribution in [0.4, 0.5) is 0 Å². The van der Waals surface area contributed by atoms with Gasteiger partial charge in [0, 0.05) is 30.2 Å². The van der Waals surface area contributed by atoms with E-state index in [-0.39, 0.29) is 5.54 Å². The average Bonchev–Trinajstić information content (AvgIpc) is 2.86. The average molecular weight is 331 g/mol. The van der Waals surface area contributed by atoms with E-state index in [1.54, 1.807) is 5.70 Å². The van der Waals surface area contributed by atoms with E-state index >= 15 is 0 Å². The largest absolute Gasteiger partial charge is 0.375 e. The normalized spacial score (nSPS) is 31.3. The lowest BCUT2D eigenvalue weighted by molar-refractivity contribution is 0.262. The van der Waals surface area contributed by atoms with Gasteiger partial charge in [-0.3, -0.25) is 0 Å². The molecule has 0 aromatic rings. The van der Waals surface area contributed by atoms with Gasteiger partial charge >= 0.3 is 0 Å². The van der Waals surface area contributed by atoms with Crippen LogP contribution >= 0.6 is 0 Å². The van der Waals surface area contributed by atoms with Crippen LogP contribution in [0.5, 0.6) is 0 Å². The molecule has 23 heavy (non-hydrogen) atoms. The smallest absolute Gasteiger partial charge is 0.127 e. The Morgan fingerprint density at radius 2 is 1.70 bits per heavy atom. The summed E-state index contributed by atoms with van der Waals surface area (Å²) in [4.78, 5) is 6.70. The molecule has 0 aromatic carbocycles. The Hall–Kier alpha value is -0.803. The van der Waals surface area contributed by atoms with Crippen molar-refractivity contribution in [1.82, 2.24) is 9.88 Å². The van der Waals surface area contributed by atoms with E-state index < -0.39 is 8.24 Å². The van der Waals surface area contributed by atoms with E-state index in [1.807, 2.05) is 0 Å². The van der Waals surface area contributed by atoms with Crippen LogP contribution in [-0.4, -0.2) is 31.8 Å². The monoisotopic (exact) mass is 330 g/mol. The minimum Gasteiger partial charge on any atom is -0.375 e. The van der Waals surface area contributed by atoms with E-state index in [9.17, 15) is 0 Å². The second-order valence-electron chi connectivity index (χ2n) is 9.13. The molecule has 0 spiro atoms. The molecule has 0 amide bonds. The Morgan fingerprint density at radius 3 is 2.35 bits per heavy atom. The Labute approximate surface area is 143 Å². The number of likely N-dealkylation sites (tertiary alicyclic amines) is 1. The predicted molar refractivity (Wildman–Crippen MR) is 103 cm³/mol. The number of nitrogens with one attached hydrogen (secondary N) is 1. The minimum atomic E-state index is -1.56. The van der Waals surface area contributed by atoms with Crippen LogP contribution in [0.2, 0.25) is 18.6 Å². The van der Waals surface area contributed by atoms with E-state index in [4.69, 9.17) is 0 Å². The molecule has 1 saturated heterocycles. The number of rotatable bonds is 3. The van der Waals surface area contributed by atoms with E-state index in [2.05, 4.69) is 74.1 Å². The molecule has 3 rings (SSSR count). The van der Waals surface area contributed by atoms with Gasteiger partial charge in [-0.1, -0.05) is 43.5 Å². The van der Waals surface area contributed by atoms with Crippen LogP contribution in [0, 0.1) is 11.8 Å². The molecule has 2 aliphatic carbocycles. The number of nitrogens with zero attached hydrogens (tertiary/aromatic N) is 1. The van der Waals surface area contributed by atoms with Crippen molar-refractivity contribution in [2.75, 3.05) is 13.1 Å². The van der Waals surface area contributed by atoms with E-state index in [0.717, 1.165) is 0 Å². The van der Waals surface area contributed by atoms with Gasteiger partial charge in [0.05, 0.1) is 0 Å². The van der Waals surface area contributed by atoms with Gasteiger partial charge in [0.2, 0.25) is 0 Å². The highest BCUT2D eigenvalue weighted by Crippen LogP contribution is 2.49. The fraction of sp³-hybridized carbons (Fsp3) is 0.700. The summed E-state index contributed by atoms with van der Waals surface area (Å²) in [7, 11) is -1.56. The fourth-order valence-corrected chi connectivity index (χ4v) is 8.84. The lowest BCUT2D eigenvalue weighted by Gasteiger charge is -2.40. The first-order valence-corrected chi connectivity index (χ1v) is 12.5. The van der Waals surface area contributed by atoms with Gasteiger partial charge in [-0.15, -0.1) is 0 Å². The van der Waals surface area contributed by atoms with Crippen molar-refractivity contribution in [3.63, 3.8) is 0 Å². The van der Waals surface area contributed by atoms with Gasteiger partial charge in [-0.2, -0.15) is 0 Å². The maximum Gasteiger partial charge on any atom is 0.127 e. The topological polar surface area (TPSA) is 15.3 Å². The minimum absolute atomic E-state index is 0.196. The molecular formula is C20H34N2Si. The molecule has 0 saturated carbocycles. The van der Waals surface area contributed by atoms with Gasteiger partial charge in [-0.25, -0.2) is 0 Å². The third kappa shape index (κ3) is 3.66. The molecule has 3 aliphatic rings.